The van der Waals surface area contributed by atoms with E-state index in [0.29, 0.717) is 0 Å². The third-order valence-corrected chi connectivity index (χ3v) is 2.43. The van der Waals surface area contributed by atoms with Crippen molar-refractivity contribution in [1.82, 2.24) is 15.1 Å². The van der Waals surface area contributed by atoms with Crippen molar-refractivity contribution in [3.05, 3.63) is 12.4 Å². The molecule has 1 N–H and O–H groups in total. The quantitative estimate of drug-likeness (QED) is 0.652. The van der Waals surface area contributed by atoms with Crippen LogP contribution >= 0.6 is 0 Å². The smallest absolute Gasteiger partial charge is 0.249 e. The number of aromatic nitrogens is 2. The van der Waals surface area contributed by atoms with Gasteiger partial charge in [-0.05, 0) is 0 Å². The Morgan fingerprint density at radius 2 is 2.40 bits per heavy atom. The summed E-state index contributed by atoms with van der Waals surface area (Å²) in [4.78, 5) is 23.9. The predicted molar refractivity (Wildman–Crippen MR) is 53.2 cm³/mol. The minimum Gasteiger partial charge on any atom is -0.344 e. The first-order valence-electron chi connectivity index (χ1n) is 4.63. The van der Waals surface area contributed by atoms with Crippen LogP contribution in [0.1, 0.15) is 6.42 Å². The summed E-state index contributed by atoms with van der Waals surface area (Å²) in [6.07, 6.45) is 3.64. The van der Waals surface area contributed by atoms with Crippen molar-refractivity contribution >= 4 is 17.5 Å². The first-order valence-corrected chi connectivity index (χ1v) is 4.63. The molecule has 0 bridgehead atoms. The minimum absolute atomic E-state index is 0.0760. The van der Waals surface area contributed by atoms with Crippen LogP contribution in [0.25, 0.3) is 0 Å². The number of nitrogens with zero attached hydrogens (tertiary/aromatic N) is 3. The largest absolute Gasteiger partial charge is 0.344 e. The topological polar surface area (TPSA) is 67.2 Å². The monoisotopic (exact) mass is 208 g/mol. The molecule has 2 rings (SSSR count). The maximum absolute atomic E-state index is 11.8. The average Bonchev–Trinajstić information content (AvgIpc) is 2.58. The molecule has 6 nitrogen and oxygen atoms in total. The summed E-state index contributed by atoms with van der Waals surface area (Å²) in [6, 6.07) is -0.372. The second-order valence-corrected chi connectivity index (χ2v) is 3.59. The number of rotatable bonds is 2. The van der Waals surface area contributed by atoms with Crippen molar-refractivity contribution in [2.24, 2.45) is 7.05 Å². The van der Waals surface area contributed by atoms with Crippen LogP contribution in [0, 0.1) is 0 Å². The van der Waals surface area contributed by atoms with E-state index in [1.165, 1.54) is 4.90 Å². The molecule has 1 aliphatic rings. The van der Waals surface area contributed by atoms with Crippen LogP contribution in [0.2, 0.25) is 0 Å². The maximum Gasteiger partial charge on any atom is 0.249 e. The molecule has 1 atom stereocenters. The number of carbonyl (C=O) groups excluding carboxylic acids is 2. The molecule has 1 aromatic rings. The zero-order valence-corrected chi connectivity index (χ0v) is 8.60. The molecule has 15 heavy (non-hydrogen) atoms. The minimum atomic E-state index is -0.372. The van der Waals surface area contributed by atoms with Gasteiger partial charge in [0.1, 0.15) is 6.04 Å². The molecule has 0 radical (unpaired) electrons. The number of nitrogens with one attached hydrogen (secondary N) is 1. The van der Waals surface area contributed by atoms with Gasteiger partial charge in [0.15, 0.2) is 0 Å². The van der Waals surface area contributed by atoms with Crippen LogP contribution in [0.4, 0.5) is 5.69 Å². The summed E-state index contributed by atoms with van der Waals surface area (Å²) < 4.78 is 1.62. The summed E-state index contributed by atoms with van der Waals surface area (Å²) >= 11 is 0. The number of anilines is 1. The standard InChI is InChI=1S/C9H12N4O2/c1-12-5-6(4-10-12)13(2)9(15)7-3-8(14)11-7/h4-5,7H,3H2,1-2H3,(H,11,14)/t7-/m0/s1. The second-order valence-electron chi connectivity index (χ2n) is 3.59. The molecule has 1 saturated heterocycles. The lowest BCUT2D eigenvalue weighted by Crippen LogP contribution is -2.57. The van der Waals surface area contributed by atoms with Gasteiger partial charge in [-0.15, -0.1) is 0 Å². The third-order valence-electron chi connectivity index (χ3n) is 2.43. The molecule has 80 valence electrons. The Morgan fingerprint density at radius 3 is 2.87 bits per heavy atom. The number of amides is 2. The van der Waals surface area contributed by atoms with Gasteiger partial charge < -0.3 is 10.2 Å². The predicted octanol–water partition coefficient (Wildman–Crippen LogP) is -0.729. The molecule has 0 spiro atoms. The fraction of sp³-hybridized carbons (Fsp3) is 0.444. The third kappa shape index (κ3) is 1.70. The Bertz CT molecular complexity index is 404. The molecule has 0 aromatic carbocycles. The normalized spacial score (nSPS) is 19.3. The van der Waals surface area contributed by atoms with Crippen LogP contribution in [0.5, 0.6) is 0 Å². The number of likely N-dealkylation sites (N-methyl/N-ethyl adjacent to an activating group) is 1. The molecule has 2 amide bonds. The summed E-state index contributed by atoms with van der Waals surface area (Å²) in [6.45, 7) is 0. The maximum atomic E-state index is 11.8. The lowest BCUT2D eigenvalue weighted by molar-refractivity contribution is -0.135. The second kappa shape index (κ2) is 3.38. The Morgan fingerprint density at radius 1 is 1.73 bits per heavy atom. The van der Waals surface area contributed by atoms with Crippen LogP contribution in [-0.2, 0) is 16.6 Å². The van der Waals surface area contributed by atoms with Gasteiger partial charge in [-0.25, -0.2) is 0 Å². The van der Waals surface area contributed by atoms with Gasteiger partial charge in [-0.2, -0.15) is 5.10 Å². The number of aryl methyl sites for hydroxylation is 1. The van der Waals surface area contributed by atoms with E-state index in [1.807, 2.05) is 0 Å². The average molecular weight is 208 g/mol. The first kappa shape index (κ1) is 9.70. The van der Waals surface area contributed by atoms with Crippen LogP contribution < -0.4 is 10.2 Å². The zero-order valence-electron chi connectivity index (χ0n) is 8.60. The molecular weight excluding hydrogens is 196 g/mol. The van der Waals surface area contributed by atoms with E-state index in [1.54, 1.807) is 31.2 Å². The van der Waals surface area contributed by atoms with Crippen molar-refractivity contribution in [1.29, 1.82) is 0 Å². The number of β-lactam (4-membered cyclic amide) rings is 1. The molecular formula is C9H12N4O2. The molecule has 6 heteroatoms. The van der Waals surface area contributed by atoms with Gasteiger partial charge >= 0.3 is 0 Å². The van der Waals surface area contributed by atoms with Gasteiger partial charge in [0.25, 0.3) is 0 Å². The van der Waals surface area contributed by atoms with Crippen molar-refractivity contribution in [3.63, 3.8) is 0 Å². The Labute approximate surface area is 86.9 Å². The molecule has 0 aliphatic carbocycles. The zero-order chi connectivity index (χ0) is 11.0. The van der Waals surface area contributed by atoms with Crippen molar-refractivity contribution in [3.8, 4) is 0 Å². The van der Waals surface area contributed by atoms with Gasteiger partial charge in [0, 0.05) is 20.3 Å². The fourth-order valence-corrected chi connectivity index (χ4v) is 1.45. The van der Waals surface area contributed by atoms with E-state index in [9.17, 15) is 9.59 Å². The number of carbonyl (C=O) groups is 2. The molecule has 0 saturated carbocycles. The van der Waals surface area contributed by atoms with Crippen molar-refractivity contribution in [2.45, 2.75) is 12.5 Å². The van der Waals surface area contributed by atoms with Crippen LogP contribution in [0.3, 0.4) is 0 Å². The summed E-state index contributed by atoms with van der Waals surface area (Å²) in [5, 5.41) is 6.52. The van der Waals surface area contributed by atoms with Crippen molar-refractivity contribution < 1.29 is 9.59 Å². The number of hydrogen-bond acceptors (Lipinski definition) is 3. The molecule has 1 aromatic heterocycles. The lowest BCUT2D eigenvalue weighted by atomic mass is 10.1. The summed E-state index contributed by atoms with van der Waals surface area (Å²) in [7, 11) is 3.46. The molecule has 1 aliphatic heterocycles. The van der Waals surface area contributed by atoms with E-state index in [2.05, 4.69) is 10.4 Å². The van der Waals surface area contributed by atoms with Crippen LogP contribution in [-0.4, -0.2) is 34.7 Å². The number of hydrogen-bond donors (Lipinski definition) is 1. The van der Waals surface area contributed by atoms with Gasteiger partial charge in [0.2, 0.25) is 11.8 Å². The SMILES string of the molecule is CN(C(=O)[C@@H]1CC(=O)N1)c1cnn(C)c1. The Kier molecular flexibility index (Phi) is 2.18. The van der Waals surface area contributed by atoms with E-state index in [4.69, 9.17) is 0 Å². The lowest BCUT2D eigenvalue weighted by Gasteiger charge is -2.29. The van der Waals surface area contributed by atoms with Gasteiger partial charge in [0.05, 0.1) is 18.3 Å². The fourth-order valence-electron chi connectivity index (χ4n) is 1.45. The highest BCUT2D eigenvalue weighted by Gasteiger charge is 2.34. The first-order chi connectivity index (χ1) is 7.08. The van der Waals surface area contributed by atoms with E-state index in [-0.39, 0.29) is 24.3 Å². The van der Waals surface area contributed by atoms with Gasteiger partial charge in [-0.3, -0.25) is 14.3 Å². The molecule has 1 fully saturated rings. The van der Waals surface area contributed by atoms with Crippen LogP contribution in [0.15, 0.2) is 12.4 Å². The van der Waals surface area contributed by atoms with E-state index in [0.717, 1.165) is 5.69 Å². The molecule has 2 heterocycles. The van der Waals surface area contributed by atoms with E-state index < -0.39 is 0 Å². The highest BCUT2D eigenvalue weighted by molar-refractivity contribution is 6.04. The Balaban J connectivity index is 2.04. The highest BCUT2D eigenvalue weighted by Crippen LogP contribution is 2.14. The van der Waals surface area contributed by atoms with E-state index >= 15 is 0 Å². The highest BCUT2D eigenvalue weighted by atomic mass is 16.2. The van der Waals surface area contributed by atoms with Crippen molar-refractivity contribution in [2.75, 3.05) is 11.9 Å². The summed E-state index contributed by atoms with van der Waals surface area (Å²) in [5.41, 5.74) is 0.726. The Hall–Kier alpha value is -1.85. The van der Waals surface area contributed by atoms with Gasteiger partial charge in [-0.1, -0.05) is 0 Å². The summed E-state index contributed by atoms with van der Waals surface area (Å²) in [5.74, 6) is -0.185. The molecule has 0 unspecified atom stereocenters.